The smallest absolute Gasteiger partial charge is 0.328 e. The van der Waals surface area contributed by atoms with Crippen LogP contribution in [-0.2, 0) is 16.9 Å². The van der Waals surface area contributed by atoms with Gasteiger partial charge >= 0.3 is 5.69 Å². The minimum Gasteiger partial charge on any atom is -0.336 e. The molecule has 1 N–H and O–H groups in total. The van der Waals surface area contributed by atoms with E-state index < -0.39 is 11.2 Å². The third kappa shape index (κ3) is 3.43. The number of H-pyrrole nitrogens is 1. The molecule has 0 saturated heterocycles. The summed E-state index contributed by atoms with van der Waals surface area (Å²) in [5, 5.41) is 0. The number of nitrogens with zero attached hydrogens (tertiary/aromatic N) is 2. The van der Waals surface area contributed by atoms with Crippen molar-refractivity contribution in [3.05, 3.63) is 69.0 Å². The van der Waals surface area contributed by atoms with Gasteiger partial charge in [0.05, 0.1) is 5.54 Å². The van der Waals surface area contributed by atoms with E-state index in [4.69, 9.17) is 0 Å². The van der Waals surface area contributed by atoms with Crippen molar-refractivity contribution in [2.24, 2.45) is 5.92 Å². The summed E-state index contributed by atoms with van der Waals surface area (Å²) in [4.78, 5) is 39.8. The van der Waals surface area contributed by atoms with Crippen LogP contribution in [0.2, 0.25) is 0 Å². The third-order valence-corrected chi connectivity index (χ3v) is 5.13. The fourth-order valence-electron chi connectivity index (χ4n) is 3.30. The van der Waals surface area contributed by atoms with Gasteiger partial charge in [0.15, 0.2) is 0 Å². The second-order valence-electron chi connectivity index (χ2n) is 6.79. The molecule has 1 aliphatic rings. The van der Waals surface area contributed by atoms with Gasteiger partial charge in [0.25, 0.3) is 5.56 Å². The molecule has 0 spiro atoms. The number of rotatable bonds is 6. The first-order chi connectivity index (χ1) is 11.9. The number of aromatic nitrogens is 2. The highest BCUT2D eigenvalue weighted by Crippen LogP contribution is 2.50. The SMILES string of the molecule is CC(CCn1ccc(=O)[nH]c1=O)C(=O)N(C)C1(c2ccccc2)CC1. The van der Waals surface area contributed by atoms with E-state index in [1.165, 1.54) is 22.4 Å². The van der Waals surface area contributed by atoms with Crippen LogP contribution in [0, 0.1) is 5.92 Å². The molecule has 0 bridgehead atoms. The average Bonchev–Trinajstić information content (AvgIpc) is 3.42. The van der Waals surface area contributed by atoms with E-state index in [9.17, 15) is 14.4 Å². The number of carbonyl (C=O) groups excluding carboxylic acids is 1. The summed E-state index contributed by atoms with van der Waals surface area (Å²) in [6.45, 7) is 2.28. The molecule has 2 aromatic rings. The number of carbonyl (C=O) groups is 1. The summed E-state index contributed by atoms with van der Waals surface area (Å²) in [5.41, 5.74) is 0.142. The molecule has 1 unspecified atom stereocenters. The Kier molecular flexibility index (Phi) is 4.61. The Hall–Kier alpha value is -2.63. The molecule has 1 aliphatic carbocycles. The second-order valence-corrected chi connectivity index (χ2v) is 6.79. The van der Waals surface area contributed by atoms with Crippen molar-refractivity contribution < 1.29 is 4.79 Å². The van der Waals surface area contributed by atoms with Crippen LogP contribution in [0.1, 0.15) is 31.7 Å². The van der Waals surface area contributed by atoms with Crippen LogP contribution in [0.3, 0.4) is 0 Å². The minimum absolute atomic E-state index is 0.0822. The molecule has 6 heteroatoms. The quantitative estimate of drug-likeness (QED) is 0.869. The maximum Gasteiger partial charge on any atom is 0.328 e. The van der Waals surface area contributed by atoms with Crippen LogP contribution < -0.4 is 11.2 Å². The fraction of sp³-hybridized carbons (Fsp3) is 0.421. The van der Waals surface area contributed by atoms with Gasteiger partial charge < -0.3 is 9.47 Å². The van der Waals surface area contributed by atoms with E-state index in [0.29, 0.717) is 13.0 Å². The van der Waals surface area contributed by atoms with Gasteiger partial charge in [0.2, 0.25) is 5.91 Å². The van der Waals surface area contributed by atoms with Crippen molar-refractivity contribution >= 4 is 5.91 Å². The zero-order valence-corrected chi connectivity index (χ0v) is 14.6. The minimum atomic E-state index is -0.441. The maximum atomic E-state index is 12.8. The van der Waals surface area contributed by atoms with Crippen molar-refractivity contribution in [1.82, 2.24) is 14.5 Å². The summed E-state index contributed by atoms with van der Waals surface area (Å²) in [6, 6.07) is 11.4. The van der Waals surface area contributed by atoms with Gasteiger partial charge in [-0.25, -0.2) is 4.79 Å². The van der Waals surface area contributed by atoms with E-state index in [2.05, 4.69) is 17.1 Å². The number of aromatic amines is 1. The summed E-state index contributed by atoms with van der Waals surface area (Å²) in [6.07, 6.45) is 3.96. The van der Waals surface area contributed by atoms with Gasteiger partial charge in [-0.05, 0) is 24.8 Å². The van der Waals surface area contributed by atoms with Crippen LogP contribution in [0.25, 0.3) is 0 Å². The highest BCUT2D eigenvalue weighted by atomic mass is 16.2. The number of hydrogen-bond acceptors (Lipinski definition) is 3. The number of aryl methyl sites for hydroxylation is 1. The lowest BCUT2D eigenvalue weighted by Crippen LogP contribution is -2.40. The monoisotopic (exact) mass is 341 g/mol. The van der Waals surface area contributed by atoms with E-state index >= 15 is 0 Å². The normalized spacial score (nSPS) is 16.2. The van der Waals surface area contributed by atoms with Crippen molar-refractivity contribution in [3.8, 4) is 0 Å². The molecule has 1 aromatic heterocycles. The Morgan fingerprint density at radius 2 is 1.92 bits per heavy atom. The van der Waals surface area contributed by atoms with Gasteiger partial charge in [-0.1, -0.05) is 37.3 Å². The van der Waals surface area contributed by atoms with Gasteiger partial charge in [0, 0.05) is 31.8 Å². The molecule has 25 heavy (non-hydrogen) atoms. The number of benzene rings is 1. The summed E-state index contributed by atoms with van der Waals surface area (Å²) in [7, 11) is 1.87. The second kappa shape index (κ2) is 6.70. The van der Waals surface area contributed by atoms with Crippen molar-refractivity contribution in [2.75, 3.05) is 7.05 Å². The fourth-order valence-corrected chi connectivity index (χ4v) is 3.30. The molecule has 132 valence electrons. The zero-order valence-electron chi connectivity index (χ0n) is 14.6. The van der Waals surface area contributed by atoms with E-state index in [1.807, 2.05) is 37.1 Å². The topological polar surface area (TPSA) is 75.2 Å². The molecular formula is C19H23N3O3. The van der Waals surface area contributed by atoms with Gasteiger partial charge in [0.1, 0.15) is 0 Å². The molecule has 6 nitrogen and oxygen atoms in total. The Morgan fingerprint density at radius 1 is 1.24 bits per heavy atom. The summed E-state index contributed by atoms with van der Waals surface area (Å²) >= 11 is 0. The van der Waals surface area contributed by atoms with Gasteiger partial charge in [-0.15, -0.1) is 0 Å². The molecule has 0 aliphatic heterocycles. The lowest BCUT2D eigenvalue weighted by molar-refractivity contribution is -0.137. The first-order valence-electron chi connectivity index (χ1n) is 8.57. The lowest BCUT2D eigenvalue weighted by Gasteiger charge is -2.31. The predicted octanol–water partition coefficient (Wildman–Crippen LogP) is 1.71. The van der Waals surface area contributed by atoms with Gasteiger partial charge in [-0.3, -0.25) is 14.6 Å². The third-order valence-electron chi connectivity index (χ3n) is 5.13. The maximum absolute atomic E-state index is 12.8. The molecule has 1 fully saturated rings. The van der Waals surface area contributed by atoms with Crippen LogP contribution in [-0.4, -0.2) is 27.4 Å². The van der Waals surface area contributed by atoms with Crippen molar-refractivity contribution in [1.29, 1.82) is 0 Å². The molecule has 1 heterocycles. The number of hydrogen-bond donors (Lipinski definition) is 1. The standard InChI is InChI=1S/C19H23N3O3/c1-14(8-12-22-13-9-16(23)20-18(22)25)17(24)21(2)19(10-11-19)15-6-4-3-5-7-15/h3-7,9,13-14H,8,10-12H2,1-2H3,(H,20,23,25). The van der Waals surface area contributed by atoms with Crippen LogP contribution in [0.15, 0.2) is 52.2 Å². The largest absolute Gasteiger partial charge is 0.336 e. The molecule has 1 aromatic carbocycles. The highest BCUT2D eigenvalue weighted by molar-refractivity contribution is 5.79. The van der Waals surface area contributed by atoms with Crippen LogP contribution in [0.4, 0.5) is 0 Å². The Labute approximate surface area is 146 Å². The van der Waals surface area contributed by atoms with Crippen molar-refractivity contribution in [3.63, 3.8) is 0 Å². The van der Waals surface area contributed by atoms with E-state index in [1.54, 1.807) is 0 Å². The molecular weight excluding hydrogens is 318 g/mol. The van der Waals surface area contributed by atoms with Crippen LogP contribution >= 0.6 is 0 Å². The molecule has 3 rings (SSSR count). The molecule has 1 saturated carbocycles. The number of amides is 1. The first-order valence-corrected chi connectivity index (χ1v) is 8.57. The summed E-state index contributed by atoms with van der Waals surface area (Å²) < 4.78 is 1.43. The first kappa shape index (κ1) is 17.2. The Bertz CT molecular complexity index is 865. The van der Waals surface area contributed by atoms with E-state index in [-0.39, 0.29) is 17.4 Å². The highest BCUT2D eigenvalue weighted by Gasteiger charge is 2.50. The van der Waals surface area contributed by atoms with Gasteiger partial charge in [-0.2, -0.15) is 0 Å². The Morgan fingerprint density at radius 3 is 2.52 bits per heavy atom. The van der Waals surface area contributed by atoms with Crippen LogP contribution in [0.5, 0.6) is 0 Å². The lowest BCUT2D eigenvalue weighted by atomic mass is 10.00. The summed E-state index contributed by atoms with van der Waals surface area (Å²) in [5.74, 6) is -0.121. The predicted molar refractivity (Wildman–Crippen MR) is 95.2 cm³/mol. The molecule has 0 radical (unpaired) electrons. The zero-order chi connectivity index (χ0) is 18.0. The van der Waals surface area contributed by atoms with E-state index in [0.717, 1.165) is 12.8 Å². The average molecular weight is 341 g/mol. The number of nitrogens with one attached hydrogen (secondary N) is 1. The van der Waals surface area contributed by atoms with Crippen molar-refractivity contribution in [2.45, 2.75) is 38.3 Å². The Balaban J connectivity index is 1.66. The molecule has 1 atom stereocenters. The molecule has 1 amide bonds.